The standard InChI is InChI=1S/C27H32FNO2.C2H6.H3NO.H2O/c1-19(30)22-13-14-24(26(28)18-22)21-10-7-16-29(17-15-21)27(31)25-12-6-5-11-23(25)20-8-3-2-4-9-20;2*1-2;/h5-6,11-14,18,20-21H,2-4,7-10,15-17H2,1H3;1-2H3;2H,1H2;1H2. The first kappa shape index (κ1) is 31.4. The van der Waals surface area contributed by atoms with E-state index in [1.54, 1.807) is 12.1 Å². The number of nitrogens with zero attached hydrogens (tertiary/aromatic N) is 1. The number of Topliss-reactive ketones (excluding diaryl/α,β-unsaturated/α-hetero) is 1. The molecule has 1 aliphatic heterocycles. The number of nitrogens with two attached hydrogens (primary N) is 1. The molecule has 7 heteroatoms. The first-order valence-electron chi connectivity index (χ1n) is 13.0. The lowest BCUT2D eigenvalue weighted by atomic mass is 9.82. The first-order chi connectivity index (χ1) is 17.0. The van der Waals surface area contributed by atoms with E-state index in [1.165, 1.54) is 50.7 Å². The van der Waals surface area contributed by atoms with Crippen LogP contribution in [0.15, 0.2) is 42.5 Å². The number of halogens is 1. The van der Waals surface area contributed by atoms with Gasteiger partial charge in [-0.1, -0.05) is 63.4 Å². The predicted octanol–water partition coefficient (Wildman–Crippen LogP) is 6.02. The Bertz CT molecular complexity index is 960. The van der Waals surface area contributed by atoms with Crippen molar-refractivity contribution in [3.8, 4) is 0 Å². The van der Waals surface area contributed by atoms with Gasteiger partial charge in [-0.25, -0.2) is 10.3 Å². The molecule has 4 rings (SSSR count). The SMILES string of the molecule is CC.CC(=O)c1ccc(C2CCCN(C(=O)c3ccccc3C3CCCCC3)CC2)c(F)c1.NO.O. The third kappa shape index (κ3) is 7.95. The van der Waals surface area contributed by atoms with E-state index in [4.69, 9.17) is 5.21 Å². The molecule has 1 heterocycles. The smallest absolute Gasteiger partial charge is 0.254 e. The van der Waals surface area contributed by atoms with Gasteiger partial charge in [0.2, 0.25) is 0 Å². The van der Waals surface area contributed by atoms with Crippen LogP contribution in [-0.2, 0) is 0 Å². The summed E-state index contributed by atoms with van der Waals surface area (Å²) in [7, 11) is 0. The van der Waals surface area contributed by atoms with Gasteiger partial charge in [-0.15, -0.1) is 0 Å². The Morgan fingerprint density at radius 3 is 2.11 bits per heavy atom. The average Bonchev–Trinajstić information content (AvgIpc) is 3.17. The molecule has 1 saturated heterocycles. The van der Waals surface area contributed by atoms with Crippen molar-refractivity contribution in [3.05, 3.63) is 70.5 Å². The monoisotopic (exact) mass is 502 g/mol. The highest BCUT2D eigenvalue weighted by Crippen LogP contribution is 2.36. The van der Waals surface area contributed by atoms with Gasteiger partial charge in [0.25, 0.3) is 5.91 Å². The molecule has 1 aliphatic carbocycles. The number of carbonyl (C=O) groups is 2. The molecule has 1 amide bonds. The fourth-order valence-electron chi connectivity index (χ4n) is 5.32. The van der Waals surface area contributed by atoms with E-state index in [2.05, 4.69) is 12.0 Å². The number of hydrogen-bond donors (Lipinski definition) is 2. The molecule has 0 aromatic heterocycles. The Kier molecular flexibility index (Phi) is 14.1. The van der Waals surface area contributed by atoms with Gasteiger partial charge in [-0.05, 0) is 74.1 Å². The van der Waals surface area contributed by atoms with Crippen molar-refractivity contribution >= 4 is 11.7 Å². The van der Waals surface area contributed by atoms with Gasteiger partial charge in [-0.2, -0.15) is 0 Å². The summed E-state index contributed by atoms with van der Waals surface area (Å²) in [6.07, 6.45) is 8.57. The zero-order chi connectivity index (χ0) is 25.8. The van der Waals surface area contributed by atoms with Crippen molar-refractivity contribution in [2.24, 2.45) is 5.90 Å². The lowest BCUT2D eigenvalue weighted by Crippen LogP contribution is -2.33. The second-order valence-corrected chi connectivity index (χ2v) is 9.13. The Hall–Kier alpha value is -2.61. The van der Waals surface area contributed by atoms with Gasteiger partial charge >= 0.3 is 0 Å². The third-order valence-electron chi connectivity index (χ3n) is 7.10. The van der Waals surface area contributed by atoms with Crippen LogP contribution >= 0.6 is 0 Å². The van der Waals surface area contributed by atoms with E-state index in [0.717, 1.165) is 24.8 Å². The van der Waals surface area contributed by atoms with E-state index < -0.39 is 0 Å². The van der Waals surface area contributed by atoms with E-state index in [0.29, 0.717) is 30.1 Å². The topological polar surface area (TPSA) is 115 Å². The fraction of sp³-hybridized carbons (Fsp3) is 0.517. The molecule has 1 unspecified atom stereocenters. The Balaban J connectivity index is 0.00000123. The van der Waals surface area contributed by atoms with Crippen molar-refractivity contribution in [2.45, 2.75) is 84.0 Å². The van der Waals surface area contributed by atoms with Gasteiger partial charge in [0.15, 0.2) is 5.78 Å². The number of amides is 1. The molecule has 2 fully saturated rings. The lowest BCUT2D eigenvalue weighted by Gasteiger charge is -2.27. The Morgan fingerprint density at radius 2 is 1.47 bits per heavy atom. The quantitative estimate of drug-likeness (QED) is 0.393. The number of carbonyl (C=O) groups excluding carboxylic acids is 2. The van der Waals surface area contributed by atoms with E-state index in [-0.39, 0.29) is 28.9 Å². The maximum atomic E-state index is 14.7. The van der Waals surface area contributed by atoms with Crippen molar-refractivity contribution in [3.63, 3.8) is 0 Å². The van der Waals surface area contributed by atoms with E-state index in [9.17, 15) is 14.0 Å². The first-order valence-corrected chi connectivity index (χ1v) is 13.0. The molecule has 36 heavy (non-hydrogen) atoms. The van der Waals surface area contributed by atoms with Gasteiger partial charge in [0.05, 0.1) is 0 Å². The van der Waals surface area contributed by atoms with Crippen LogP contribution in [0.5, 0.6) is 0 Å². The van der Waals surface area contributed by atoms with Crippen molar-refractivity contribution in [2.75, 3.05) is 13.1 Å². The third-order valence-corrected chi connectivity index (χ3v) is 7.10. The summed E-state index contributed by atoms with van der Waals surface area (Å²) in [4.78, 5) is 26.9. The second kappa shape index (κ2) is 16.2. The summed E-state index contributed by atoms with van der Waals surface area (Å²) in [5.41, 5.74) is 3.14. The van der Waals surface area contributed by atoms with Gasteiger partial charge in [0, 0.05) is 24.2 Å². The van der Waals surface area contributed by atoms with E-state index >= 15 is 0 Å². The molecule has 200 valence electrons. The fourth-order valence-corrected chi connectivity index (χ4v) is 5.32. The molecule has 2 aliphatic rings. The molecule has 0 spiro atoms. The normalized spacial score (nSPS) is 17.8. The molecular formula is C29H43FN2O4. The van der Waals surface area contributed by atoms with Crippen LogP contribution in [0.3, 0.4) is 0 Å². The minimum absolute atomic E-state index is 0. The summed E-state index contributed by atoms with van der Waals surface area (Å²) in [5.74, 6) is 3.75. The number of ketones is 1. The van der Waals surface area contributed by atoms with Crippen LogP contribution in [0.4, 0.5) is 4.39 Å². The highest BCUT2D eigenvalue weighted by Gasteiger charge is 2.27. The van der Waals surface area contributed by atoms with Crippen LogP contribution < -0.4 is 5.90 Å². The molecule has 1 atom stereocenters. The lowest BCUT2D eigenvalue weighted by molar-refractivity contribution is 0.0759. The maximum absolute atomic E-state index is 14.7. The van der Waals surface area contributed by atoms with Crippen LogP contribution in [0.25, 0.3) is 0 Å². The predicted molar refractivity (Wildman–Crippen MR) is 142 cm³/mol. The highest BCUT2D eigenvalue weighted by atomic mass is 19.1. The van der Waals surface area contributed by atoms with Gasteiger partial charge in [-0.3, -0.25) is 9.59 Å². The average molecular weight is 503 g/mol. The molecule has 0 radical (unpaired) electrons. The van der Waals surface area contributed by atoms with E-state index in [1.807, 2.05) is 36.9 Å². The van der Waals surface area contributed by atoms with Crippen LogP contribution in [0.1, 0.15) is 116 Å². The number of benzene rings is 2. The minimum Gasteiger partial charge on any atom is -0.412 e. The van der Waals surface area contributed by atoms with Crippen LogP contribution in [0.2, 0.25) is 0 Å². The number of rotatable bonds is 4. The van der Waals surface area contributed by atoms with Crippen molar-refractivity contribution < 1.29 is 24.7 Å². The highest BCUT2D eigenvalue weighted by molar-refractivity contribution is 5.96. The molecule has 5 N–H and O–H groups in total. The molecule has 2 aromatic rings. The van der Waals surface area contributed by atoms with Crippen LogP contribution in [-0.4, -0.2) is 40.4 Å². The zero-order valence-electron chi connectivity index (χ0n) is 21.9. The van der Waals surface area contributed by atoms with Gasteiger partial charge < -0.3 is 15.6 Å². The summed E-state index contributed by atoms with van der Waals surface area (Å²) in [6.45, 7) is 6.80. The maximum Gasteiger partial charge on any atom is 0.254 e. The largest absolute Gasteiger partial charge is 0.412 e. The number of hydrogen-bond acceptors (Lipinski definition) is 4. The molecule has 1 saturated carbocycles. The summed E-state index contributed by atoms with van der Waals surface area (Å²) >= 11 is 0. The molecule has 2 aromatic carbocycles. The van der Waals surface area contributed by atoms with Crippen molar-refractivity contribution in [1.82, 2.24) is 4.90 Å². The number of likely N-dealkylation sites (tertiary alicyclic amines) is 1. The van der Waals surface area contributed by atoms with Crippen molar-refractivity contribution in [1.29, 1.82) is 0 Å². The second-order valence-electron chi connectivity index (χ2n) is 9.13. The van der Waals surface area contributed by atoms with Crippen LogP contribution in [0, 0.1) is 5.82 Å². The summed E-state index contributed by atoms with van der Waals surface area (Å²) in [5, 5.41) is 6.50. The summed E-state index contributed by atoms with van der Waals surface area (Å²) in [6, 6.07) is 13.0. The Labute approximate surface area is 215 Å². The minimum atomic E-state index is -0.305. The molecule has 6 nitrogen and oxygen atoms in total. The van der Waals surface area contributed by atoms with Gasteiger partial charge in [0.1, 0.15) is 5.82 Å². The summed E-state index contributed by atoms with van der Waals surface area (Å²) < 4.78 is 14.7. The zero-order valence-corrected chi connectivity index (χ0v) is 21.9. The molecule has 0 bridgehead atoms. The molecular weight excluding hydrogens is 459 g/mol. The Morgan fingerprint density at radius 1 is 0.861 bits per heavy atom.